The summed E-state index contributed by atoms with van der Waals surface area (Å²) in [6.07, 6.45) is 2.93. The first-order valence-corrected chi connectivity index (χ1v) is 9.44. The highest BCUT2D eigenvalue weighted by Gasteiger charge is 2.22. The predicted octanol–water partition coefficient (Wildman–Crippen LogP) is 2.97. The van der Waals surface area contributed by atoms with E-state index in [1.165, 1.54) is 21.8 Å². The van der Waals surface area contributed by atoms with Gasteiger partial charge in [0.1, 0.15) is 4.83 Å². The van der Waals surface area contributed by atoms with Crippen LogP contribution >= 0.6 is 11.3 Å². The molecular formula is C19H21N3O3S. The second-order valence-corrected chi connectivity index (χ2v) is 7.11. The van der Waals surface area contributed by atoms with Crippen LogP contribution in [0, 0.1) is 0 Å². The monoisotopic (exact) mass is 371 g/mol. The maximum Gasteiger partial charge on any atom is 0.372 e. The van der Waals surface area contributed by atoms with Gasteiger partial charge in [0.25, 0.3) is 5.56 Å². The number of aryl methyl sites for hydroxylation is 2. The van der Waals surface area contributed by atoms with Gasteiger partial charge in [0.15, 0.2) is 0 Å². The lowest BCUT2D eigenvalue weighted by Crippen LogP contribution is -2.15. The normalized spacial score (nSPS) is 12.5. The summed E-state index contributed by atoms with van der Waals surface area (Å²) < 4.78 is 0. The van der Waals surface area contributed by atoms with Crippen molar-refractivity contribution in [2.75, 3.05) is 6.54 Å². The molecule has 0 saturated heterocycles. The van der Waals surface area contributed by atoms with E-state index in [-0.39, 0.29) is 11.4 Å². The molecule has 0 unspecified atom stereocenters. The van der Waals surface area contributed by atoms with Gasteiger partial charge in [0.05, 0.1) is 5.39 Å². The minimum absolute atomic E-state index is 0.280. The van der Waals surface area contributed by atoms with Crippen molar-refractivity contribution in [2.24, 2.45) is 0 Å². The molecule has 26 heavy (non-hydrogen) atoms. The van der Waals surface area contributed by atoms with Gasteiger partial charge in [-0.1, -0.05) is 37.3 Å². The summed E-state index contributed by atoms with van der Waals surface area (Å²) >= 11 is 1.44. The number of fused-ring (bicyclic) bond motifs is 3. The topological polar surface area (TPSA) is 95.1 Å². The Morgan fingerprint density at radius 3 is 2.77 bits per heavy atom. The molecule has 136 valence electrons. The maximum atomic E-state index is 11.8. The lowest BCUT2D eigenvalue weighted by atomic mass is 10.2. The van der Waals surface area contributed by atoms with E-state index in [2.05, 4.69) is 46.5 Å². The van der Waals surface area contributed by atoms with Gasteiger partial charge >= 0.3 is 5.97 Å². The van der Waals surface area contributed by atoms with Crippen molar-refractivity contribution in [3.63, 3.8) is 0 Å². The number of benzene rings is 1. The number of carboxylic acids is 1. The lowest BCUT2D eigenvalue weighted by molar-refractivity contribution is 0.0683. The molecule has 0 aliphatic heterocycles. The SMILES string of the molecule is CCNCc1ccccc1.O=C(O)c1nc2sc3c(c2c(=O)[nH]1)CCC3. The van der Waals surface area contributed by atoms with Crippen LogP contribution in [0.1, 0.15) is 40.0 Å². The van der Waals surface area contributed by atoms with E-state index in [0.29, 0.717) is 10.2 Å². The molecule has 0 amide bonds. The van der Waals surface area contributed by atoms with E-state index in [0.717, 1.165) is 37.9 Å². The van der Waals surface area contributed by atoms with Crippen LogP contribution in [0.25, 0.3) is 10.2 Å². The Morgan fingerprint density at radius 1 is 1.31 bits per heavy atom. The molecule has 2 heterocycles. The molecule has 1 aliphatic rings. The third-order valence-corrected chi connectivity index (χ3v) is 5.39. The van der Waals surface area contributed by atoms with Gasteiger partial charge < -0.3 is 15.4 Å². The average molecular weight is 371 g/mol. The number of rotatable bonds is 4. The molecule has 0 saturated carbocycles. The first-order valence-electron chi connectivity index (χ1n) is 8.62. The molecule has 3 aromatic rings. The molecule has 3 N–H and O–H groups in total. The summed E-state index contributed by atoms with van der Waals surface area (Å²) in [5.41, 5.74) is 2.08. The summed E-state index contributed by atoms with van der Waals surface area (Å²) in [5.74, 6) is -1.48. The van der Waals surface area contributed by atoms with Crippen LogP contribution in [0.3, 0.4) is 0 Å². The Bertz CT molecular complexity index is 963. The third kappa shape index (κ3) is 4.00. The van der Waals surface area contributed by atoms with Crippen molar-refractivity contribution >= 4 is 27.5 Å². The number of carboxylic acid groups (broad SMARTS) is 1. The number of aromatic carboxylic acids is 1. The van der Waals surface area contributed by atoms with Crippen LogP contribution < -0.4 is 10.9 Å². The van der Waals surface area contributed by atoms with Gasteiger partial charge in [-0.25, -0.2) is 9.78 Å². The van der Waals surface area contributed by atoms with Crippen LogP contribution in [0.5, 0.6) is 0 Å². The predicted molar refractivity (Wildman–Crippen MR) is 103 cm³/mol. The Morgan fingerprint density at radius 2 is 2.08 bits per heavy atom. The molecular weight excluding hydrogens is 350 g/mol. The summed E-state index contributed by atoms with van der Waals surface area (Å²) in [7, 11) is 0. The van der Waals surface area contributed by atoms with Crippen LogP contribution in [0.2, 0.25) is 0 Å². The second-order valence-electron chi connectivity index (χ2n) is 6.02. The number of hydrogen-bond donors (Lipinski definition) is 3. The number of carbonyl (C=O) groups is 1. The van der Waals surface area contributed by atoms with Gasteiger partial charge in [-0.15, -0.1) is 11.3 Å². The zero-order chi connectivity index (χ0) is 18.5. The molecule has 6 nitrogen and oxygen atoms in total. The number of nitrogens with zero attached hydrogens (tertiary/aromatic N) is 1. The quantitative estimate of drug-likeness (QED) is 0.655. The fourth-order valence-electron chi connectivity index (χ4n) is 2.97. The molecule has 1 aliphatic carbocycles. The van der Waals surface area contributed by atoms with Crippen molar-refractivity contribution in [3.8, 4) is 0 Å². The zero-order valence-corrected chi connectivity index (χ0v) is 15.4. The number of nitrogens with one attached hydrogen (secondary N) is 2. The van der Waals surface area contributed by atoms with Crippen molar-refractivity contribution in [1.82, 2.24) is 15.3 Å². The highest BCUT2D eigenvalue weighted by molar-refractivity contribution is 7.18. The summed E-state index contributed by atoms with van der Waals surface area (Å²) in [6, 6.07) is 10.4. The molecule has 0 spiro atoms. The first-order chi connectivity index (χ1) is 12.6. The van der Waals surface area contributed by atoms with Gasteiger partial charge in [0.2, 0.25) is 5.82 Å². The fourth-order valence-corrected chi connectivity index (χ4v) is 4.23. The smallest absolute Gasteiger partial charge is 0.372 e. The van der Waals surface area contributed by atoms with E-state index < -0.39 is 5.97 Å². The van der Waals surface area contributed by atoms with Gasteiger partial charge in [0, 0.05) is 11.4 Å². The second kappa shape index (κ2) is 8.25. The van der Waals surface area contributed by atoms with Crippen molar-refractivity contribution in [1.29, 1.82) is 0 Å². The Labute approximate surface area is 154 Å². The van der Waals surface area contributed by atoms with E-state index in [1.54, 1.807) is 0 Å². The number of H-pyrrole nitrogens is 1. The number of aromatic amines is 1. The highest BCUT2D eigenvalue weighted by atomic mass is 32.1. The van der Waals surface area contributed by atoms with Crippen LogP contribution in [0.15, 0.2) is 35.1 Å². The summed E-state index contributed by atoms with van der Waals surface area (Å²) in [4.78, 5) is 30.5. The zero-order valence-electron chi connectivity index (χ0n) is 14.5. The molecule has 7 heteroatoms. The van der Waals surface area contributed by atoms with E-state index in [9.17, 15) is 9.59 Å². The van der Waals surface area contributed by atoms with E-state index >= 15 is 0 Å². The minimum Gasteiger partial charge on any atom is -0.475 e. The fraction of sp³-hybridized carbons (Fsp3) is 0.316. The Kier molecular flexibility index (Phi) is 5.80. The molecule has 4 rings (SSSR count). The standard InChI is InChI=1S/C10H8N2O3S.C9H13N/c13-8-6-4-2-1-3-5(4)16-9(6)12-7(11-8)10(14)15;1-2-10-8-9-6-4-3-5-7-9/h1-3H2,(H,14,15)(H,11,12,13);3-7,10H,2,8H2,1H3. The Hall–Kier alpha value is -2.51. The Balaban J connectivity index is 0.000000170. The molecule has 0 fully saturated rings. The molecule has 0 bridgehead atoms. The number of thiophene rings is 1. The van der Waals surface area contributed by atoms with Crippen LogP contribution in [-0.4, -0.2) is 27.6 Å². The molecule has 2 aromatic heterocycles. The lowest BCUT2D eigenvalue weighted by Gasteiger charge is -1.99. The van der Waals surface area contributed by atoms with E-state index in [4.69, 9.17) is 5.11 Å². The highest BCUT2D eigenvalue weighted by Crippen LogP contribution is 2.34. The van der Waals surface area contributed by atoms with Crippen LogP contribution in [-0.2, 0) is 19.4 Å². The third-order valence-electron chi connectivity index (χ3n) is 4.20. The number of hydrogen-bond acceptors (Lipinski definition) is 5. The minimum atomic E-state index is -1.20. The summed E-state index contributed by atoms with van der Waals surface area (Å²) in [5, 5.41) is 12.6. The van der Waals surface area contributed by atoms with E-state index in [1.807, 2.05) is 6.07 Å². The van der Waals surface area contributed by atoms with Gasteiger partial charge in [-0.05, 0) is 36.9 Å². The molecule has 1 aromatic carbocycles. The van der Waals surface area contributed by atoms with Crippen molar-refractivity contribution < 1.29 is 9.90 Å². The van der Waals surface area contributed by atoms with Gasteiger partial charge in [-0.3, -0.25) is 4.79 Å². The molecule has 0 radical (unpaired) electrons. The number of aromatic nitrogens is 2. The summed E-state index contributed by atoms with van der Waals surface area (Å²) in [6.45, 7) is 4.13. The average Bonchev–Trinajstić information content (AvgIpc) is 3.22. The molecule has 0 atom stereocenters. The maximum absolute atomic E-state index is 11.8. The van der Waals surface area contributed by atoms with Crippen LogP contribution in [0.4, 0.5) is 0 Å². The largest absolute Gasteiger partial charge is 0.475 e. The first kappa shape index (κ1) is 18.3. The van der Waals surface area contributed by atoms with Crippen molar-refractivity contribution in [2.45, 2.75) is 32.7 Å². The van der Waals surface area contributed by atoms with Crippen molar-refractivity contribution in [3.05, 3.63) is 62.5 Å². The van der Waals surface area contributed by atoms with Gasteiger partial charge in [-0.2, -0.15) is 0 Å².